The van der Waals surface area contributed by atoms with Gasteiger partial charge in [-0.25, -0.2) is 0 Å². The minimum Gasteiger partial charge on any atom is -0.369 e. The van der Waals surface area contributed by atoms with Gasteiger partial charge in [-0.2, -0.15) is 0 Å². The number of hydrogen-bond acceptors (Lipinski definition) is 6. The average Bonchev–Trinajstić information content (AvgIpc) is 3.11. The smallest absolute Gasteiger partial charge is 0.153 e. The van der Waals surface area contributed by atoms with Crippen LogP contribution in [-0.4, -0.2) is 15.1 Å². The van der Waals surface area contributed by atoms with E-state index in [2.05, 4.69) is 45.7 Å². The van der Waals surface area contributed by atoms with Crippen molar-refractivity contribution in [2.45, 2.75) is 19.7 Å². The molecule has 1 aliphatic heterocycles. The molecule has 2 aromatic heterocycles. The number of aryl methyl sites for hydroxylation is 1. The molecular formula is C25H23N5O. The van der Waals surface area contributed by atoms with Crippen LogP contribution in [-0.2, 0) is 6.54 Å². The summed E-state index contributed by atoms with van der Waals surface area (Å²) in [5, 5.41) is 17.9. The van der Waals surface area contributed by atoms with Crippen LogP contribution in [0, 0.1) is 6.92 Å². The van der Waals surface area contributed by atoms with Crippen molar-refractivity contribution in [3.05, 3.63) is 102 Å². The van der Waals surface area contributed by atoms with E-state index in [1.165, 1.54) is 0 Å². The number of aliphatic hydroxyl groups is 1. The fraction of sp³-hybridized carbons (Fsp3) is 0.120. The summed E-state index contributed by atoms with van der Waals surface area (Å²) in [4.78, 5) is 10.1. The normalized spacial score (nSPS) is 14.9. The molecule has 3 heterocycles. The summed E-state index contributed by atoms with van der Waals surface area (Å²) in [7, 11) is 0. The molecule has 31 heavy (non-hydrogen) atoms. The lowest BCUT2D eigenvalue weighted by Crippen LogP contribution is -2.20. The summed E-state index contributed by atoms with van der Waals surface area (Å²) < 4.78 is 0. The Morgan fingerprint density at radius 3 is 2.23 bits per heavy atom. The third-order valence-corrected chi connectivity index (χ3v) is 5.51. The lowest BCUT2D eigenvalue weighted by Gasteiger charge is -2.23. The molecule has 2 aromatic carbocycles. The quantitative estimate of drug-likeness (QED) is 0.416. The highest BCUT2D eigenvalue weighted by molar-refractivity contribution is 5.69. The van der Waals surface area contributed by atoms with Gasteiger partial charge in [0, 0.05) is 65.3 Å². The van der Waals surface area contributed by atoms with Gasteiger partial charge in [0.25, 0.3) is 0 Å². The van der Waals surface area contributed by atoms with Gasteiger partial charge in [0.15, 0.2) is 6.23 Å². The van der Waals surface area contributed by atoms with Gasteiger partial charge in [-0.05, 0) is 72.6 Å². The zero-order valence-electron chi connectivity index (χ0n) is 17.2. The molecule has 154 valence electrons. The van der Waals surface area contributed by atoms with Crippen LogP contribution in [0.25, 0.3) is 0 Å². The Bertz CT molecular complexity index is 1200. The molecule has 5 rings (SSSR count). The largest absolute Gasteiger partial charge is 0.369 e. The van der Waals surface area contributed by atoms with Crippen LogP contribution >= 0.6 is 0 Å². The van der Waals surface area contributed by atoms with Crippen molar-refractivity contribution >= 4 is 28.4 Å². The van der Waals surface area contributed by atoms with Gasteiger partial charge in [0.2, 0.25) is 0 Å². The number of nitrogens with zero attached hydrogens (tertiary/aromatic N) is 3. The van der Waals surface area contributed by atoms with Crippen molar-refractivity contribution in [2.75, 3.05) is 15.5 Å². The first-order valence-electron chi connectivity index (χ1n) is 10.2. The van der Waals surface area contributed by atoms with Gasteiger partial charge < -0.3 is 20.6 Å². The molecule has 1 atom stereocenters. The predicted octanol–water partition coefficient (Wildman–Crippen LogP) is 5.28. The van der Waals surface area contributed by atoms with Crippen molar-refractivity contribution in [1.82, 2.24) is 9.97 Å². The number of nitrogens with one attached hydrogen (secondary N) is 2. The van der Waals surface area contributed by atoms with Gasteiger partial charge in [-0.1, -0.05) is 6.07 Å². The van der Waals surface area contributed by atoms with Crippen molar-refractivity contribution in [1.29, 1.82) is 0 Å². The van der Waals surface area contributed by atoms with Gasteiger partial charge >= 0.3 is 0 Å². The van der Waals surface area contributed by atoms with Gasteiger partial charge in [0.05, 0.1) is 0 Å². The third kappa shape index (κ3) is 3.93. The molecule has 0 amide bonds. The Kier molecular flexibility index (Phi) is 4.98. The molecule has 4 aromatic rings. The van der Waals surface area contributed by atoms with E-state index >= 15 is 0 Å². The highest BCUT2D eigenvalue weighted by Crippen LogP contribution is 2.39. The molecule has 0 radical (unpaired) electrons. The van der Waals surface area contributed by atoms with Crippen LogP contribution < -0.4 is 15.5 Å². The predicted molar refractivity (Wildman–Crippen MR) is 124 cm³/mol. The van der Waals surface area contributed by atoms with E-state index in [0.717, 1.165) is 45.1 Å². The molecule has 0 saturated carbocycles. The summed E-state index contributed by atoms with van der Waals surface area (Å²) >= 11 is 0. The average molecular weight is 409 g/mol. The van der Waals surface area contributed by atoms with Gasteiger partial charge in [-0.3, -0.25) is 9.97 Å². The topological polar surface area (TPSA) is 73.3 Å². The van der Waals surface area contributed by atoms with Crippen molar-refractivity contribution in [3.63, 3.8) is 0 Å². The molecule has 6 nitrogen and oxygen atoms in total. The Hall–Kier alpha value is -3.90. The molecule has 1 unspecified atom stereocenters. The van der Waals surface area contributed by atoms with E-state index in [1.807, 2.05) is 47.4 Å². The first-order chi connectivity index (χ1) is 15.2. The number of pyridine rings is 2. The molecule has 0 saturated heterocycles. The first kappa shape index (κ1) is 19.1. The summed E-state index contributed by atoms with van der Waals surface area (Å²) in [6.45, 7) is 2.69. The second-order valence-electron chi connectivity index (χ2n) is 7.64. The van der Waals surface area contributed by atoms with E-state index < -0.39 is 6.23 Å². The minimum absolute atomic E-state index is 0.639. The molecule has 0 spiro atoms. The molecule has 6 heteroatoms. The summed E-state index contributed by atoms with van der Waals surface area (Å²) in [6.07, 6.45) is 6.37. The monoisotopic (exact) mass is 409 g/mol. The number of aromatic nitrogens is 2. The lowest BCUT2D eigenvalue weighted by atomic mass is 10.0. The van der Waals surface area contributed by atoms with Crippen LogP contribution in [0.2, 0.25) is 0 Å². The molecule has 0 aliphatic carbocycles. The van der Waals surface area contributed by atoms with E-state index in [-0.39, 0.29) is 0 Å². The molecule has 0 bridgehead atoms. The standard InChI is InChI=1S/C25H23N5O/c1-17-13-23-18(14-24(17)29-20-7-11-27-12-8-20)16-30(25(23)31)22-4-2-3-21(15-22)28-19-5-9-26-10-6-19/h2-15,25,31H,16H2,1H3,(H,26,28)(H,27,29). The SMILES string of the molecule is Cc1cc2c(cc1Nc1ccncc1)CN(c1cccc(Nc3ccncc3)c1)C2O. The Morgan fingerprint density at radius 1 is 0.839 bits per heavy atom. The third-order valence-electron chi connectivity index (χ3n) is 5.51. The molecule has 0 fully saturated rings. The van der Waals surface area contributed by atoms with Crippen molar-refractivity contribution in [2.24, 2.45) is 0 Å². The van der Waals surface area contributed by atoms with Crippen LogP contribution in [0.5, 0.6) is 0 Å². The number of benzene rings is 2. The molecule has 3 N–H and O–H groups in total. The Morgan fingerprint density at radius 2 is 1.52 bits per heavy atom. The number of hydrogen-bond donors (Lipinski definition) is 3. The maximum absolute atomic E-state index is 11.0. The zero-order valence-corrected chi connectivity index (χ0v) is 17.2. The molecule has 1 aliphatic rings. The maximum Gasteiger partial charge on any atom is 0.153 e. The lowest BCUT2D eigenvalue weighted by molar-refractivity contribution is 0.181. The second kappa shape index (κ2) is 8.08. The number of anilines is 5. The number of aliphatic hydroxyl groups excluding tert-OH is 1. The highest BCUT2D eigenvalue weighted by atomic mass is 16.3. The van der Waals surface area contributed by atoms with Crippen LogP contribution in [0.1, 0.15) is 22.9 Å². The van der Waals surface area contributed by atoms with E-state index in [1.54, 1.807) is 24.8 Å². The zero-order chi connectivity index (χ0) is 21.2. The molecular weight excluding hydrogens is 386 g/mol. The van der Waals surface area contributed by atoms with Crippen molar-refractivity contribution in [3.8, 4) is 0 Å². The summed E-state index contributed by atoms with van der Waals surface area (Å²) in [5.74, 6) is 0. The fourth-order valence-corrected chi connectivity index (χ4v) is 3.91. The van der Waals surface area contributed by atoms with Gasteiger partial charge in [0.1, 0.15) is 0 Å². The second-order valence-corrected chi connectivity index (χ2v) is 7.64. The Balaban J connectivity index is 1.39. The van der Waals surface area contributed by atoms with Crippen LogP contribution in [0.3, 0.4) is 0 Å². The van der Waals surface area contributed by atoms with Gasteiger partial charge in [-0.15, -0.1) is 0 Å². The van der Waals surface area contributed by atoms with E-state index in [4.69, 9.17) is 0 Å². The van der Waals surface area contributed by atoms with Crippen LogP contribution in [0.4, 0.5) is 28.4 Å². The van der Waals surface area contributed by atoms with E-state index in [9.17, 15) is 5.11 Å². The fourth-order valence-electron chi connectivity index (χ4n) is 3.91. The first-order valence-corrected chi connectivity index (χ1v) is 10.2. The number of rotatable bonds is 5. The minimum atomic E-state index is -0.681. The van der Waals surface area contributed by atoms with Crippen LogP contribution in [0.15, 0.2) is 85.5 Å². The van der Waals surface area contributed by atoms with E-state index in [0.29, 0.717) is 6.54 Å². The number of fused-ring (bicyclic) bond motifs is 1. The highest BCUT2D eigenvalue weighted by Gasteiger charge is 2.29. The maximum atomic E-state index is 11.0. The van der Waals surface area contributed by atoms with Crippen molar-refractivity contribution < 1.29 is 5.11 Å². The summed E-state index contributed by atoms with van der Waals surface area (Å²) in [5.41, 5.74) is 8.07. The summed E-state index contributed by atoms with van der Waals surface area (Å²) in [6, 6.07) is 20.0. The Labute approximate surface area is 181 Å².